The zero-order chi connectivity index (χ0) is 6.69. The van der Waals surface area contributed by atoms with E-state index in [0.29, 0.717) is 4.95 Å². The molecule has 0 aromatic carbocycles. The Bertz CT molecular complexity index is 77.0. The molecule has 1 aliphatic heterocycles. The van der Waals surface area contributed by atoms with E-state index >= 15 is 0 Å². The fraction of sp³-hybridized carbons (Fsp3) is 1.00. The summed E-state index contributed by atoms with van der Waals surface area (Å²) >= 11 is 3.56. The first kappa shape index (κ1) is 7.55. The molecule has 1 rings (SSSR count). The maximum Gasteiger partial charge on any atom is 0.0627 e. The lowest BCUT2D eigenvalue weighted by atomic mass is 10.1. The maximum atomic E-state index is 3.56. The van der Waals surface area contributed by atoms with E-state index in [4.69, 9.17) is 0 Å². The summed E-state index contributed by atoms with van der Waals surface area (Å²) in [5.74, 6) is 0. The molecule has 1 aliphatic rings. The zero-order valence-corrected chi connectivity index (χ0v) is 7.52. The molecule has 0 aromatic heterocycles. The van der Waals surface area contributed by atoms with Crippen molar-refractivity contribution in [3.05, 3.63) is 0 Å². The smallest absolute Gasteiger partial charge is 0.0627 e. The summed E-state index contributed by atoms with van der Waals surface area (Å²) in [7, 11) is 0. The van der Waals surface area contributed by atoms with Gasteiger partial charge in [-0.1, -0.05) is 22.4 Å². The highest BCUT2D eigenvalue weighted by atomic mass is 79.9. The van der Waals surface area contributed by atoms with Crippen LogP contribution in [0.3, 0.4) is 0 Å². The van der Waals surface area contributed by atoms with Gasteiger partial charge in [0.25, 0.3) is 0 Å². The third kappa shape index (κ3) is 2.26. The molecular formula is C7H14BrN. The second-order valence-electron chi connectivity index (χ2n) is 2.67. The Hall–Kier alpha value is 0.440. The van der Waals surface area contributed by atoms with E-state index in [1.807, 2.05) is 0 Å². The molecule has 2 heteroatoms. The summed E-state index contributed by atoms with van der Waals surface area (Å²) in [6.07, 6.45) is 4.20. The number of hydrogen-bond acceptors (Lipinski definition) is 1. The highest BCUT2D eigenvalue weighted by Gasteiger charge is 2.12. The van der Waals surface area contributed by atoms with E-state index in [-0.39, 0.29) is 0 Å². The van der Waals surface area contributed by atoms with Gasteiger partial charge < -0.3 is 0 Å². The van der Waals surface area contributed by atoms with Gasteiger partial charge in [-0.3, -0.25) is 4.90 Å². The molecule has 0 saturated carbocycles. The Balaban J connectivity index is 2.23. The molecule has 0 aliphatic carbocycles. The summed E-state index contributed by atoms with van der Waals surface area (Å²) in [4.78, 5) is 3.06. The summed E-state index contributed by atoms with van der Waals surface area (Å²) in [5, 5.41) is 0. The van der Waals surface area contributed by atoms with E-state index in [9.17, 15) is 0 Å². The topological polar surface area (TPSA) is 3.24 Å². The Morgan fingerprint density at radius 3 is 2.11 bits per heavy atom. The molecule has 0 radical (unpaired) electrons. The lowest BCUT2D eigenvalue weighted by Gasteiger charge is -2.28. The number of alkyl halides is 1. The molecule has 1 fully saturated rings. The van der Waals surface area contributed by atoms with Crippen LogP contribution >= 0.6 is 15.9 Å². The third-order valence-corrected chi connectivity index (χ3v) is 2.47. The minimum atomic E-state index is 0.581. The summed E-state index contributed by atoms with van der Waals surface area (Å²) in [6.45, 7) is 4.77. The van der Waals surface area contributed by atoms with Gasteiger partial charge in [0.05, 0.1) is 4.95 Å². The molecular weight excluding hydrogens is 178 g/mol. The lowest BCUT2D eigenvalue weighted by Crippen LogP contribution is -2.33. The van der Waals surface area contributed by atoms with Gasteiger partial charge in [0.15, 0.2) is 0 Å². The molecule has 0 aromatic rings. The van der Waals surface area contributed by atoms with Gasteiger partial charge in [0, 0.05) is 0 Å². The van der Waals surface area contributed by atoms with Crippen molar-refractivity contribution in [2.45, 2.75) is 31.1 Å². The van der Waals surface area contributed by atoms with Crippen molar-refractivity contribution in [1.82, 2.24) is 4.90 Å². The number of halogens is 1. The fourth-order valence-electron chi connectivity index (χ4n) is 1.27. The molecule has 0 N–H and O–H groups in total. The van der Waals surface area contributed by atoms with Crippen LogP contribution < -0.4 is 0 Å². The Morgan fingerprint density at radius 1 is 1.22 bits per heavy atom. The van der Waals surface area contributed by atoms with Gasteiger partial charge in [-0.05, 0) is 32.9 Å². The minimum absolute atomic E-state index is 0.581. The van der Waals surface area contributed by atoms with Crippen LogP contribution in [-0.4, -0.2) is 22.9 Å². The van der Waals surface area contributed by atoms with Gasteiger partial charge in [-0.25, -0.2) is 0 Å². The molecule has 54 valence electrons. The van der Waals surface area contributed by atoms with Gasteiger partial charge in [0.2, 0.25) is 0 Å². The molecule has 1 atom stereocenters. The predicted molar refractivity (Wildman–Crippen MR) is 43.8 cm³/mol. The Labute approximate surface area is 65.6 Å². The molecule has 0 spiro atoms. The average Bonchev–Trinajstić information content (AvgIpc) is 1.90. The second-order valence-corrected chi connectivity index (χ2v) is 4.00. The first-order valence-corrected chi connectivity index (χ1v) is 4.60. The minimum Gasteiger partial charge on any atom is -0.291 e. The van der Waals surface area contributed by atoms with Gasteiger partial charge in [-0.15, -0.1) is 0 Å². The molecule has 1 heterocycles. The van der Waals surface area contributed by atoms with E-state index in [2.05, 4.69) is 27.8 Å². The quantitative estimate of drug-likeness (QED) is 0.454. The molecule has 1 nitrogen and oxygen atoms in total. The SMILES string of the molecule is CC(Br)N1CCCCC1. The standard InChI is InChI=1S/C7H14BrN/c1-7(8)9-5-3-2-4-6-9/h7H,2-6H2,1H3. The van der Waals surface area contributed by atoms with Crippen LogP contribution in [-0.2, 0) is 0 Å². The molecule has 1 unspecified atom stereocenters. The predicted octanol–water partition coefficient (Wildman–Crippen LogP) is 2.21. The van der Waals surface area contributed by atoms with Gasteiger partial charge >= 0.3 is 0 Å². The van der Waals surface area contributed by atoms with Crippen LogP contribution in [0.2, 0.25) is 0 Å². The van der Waals surface area contributed by atoms with Crippen molar-refractivity contribution in [2.24, 2.45) is 0 Å². The van der Waals surface area contributed by atoms with Crippen molar-refractivity contribution in [3.8, 4) is 0 Å². The number of hydrogen-bond donors (Lipinski definition) is 0. The number of rotatable bonds is 1. The van der Waals surface area contributed by atoms with Crippen molar-refractivity contribution in [2.75, 3.05) is 13.1 Å². The third-order valence-electron chi connectivity index (χ3n) is 1.89. The van der Waals surface area contributed by atoms with Crippen molar-refractivity contribution < 1.29 is 0 Å². The van der Waals surface area contributed by atoms with Crippen LogP contribution in [0.4, 0.5) is 0 Å². The van der Waals surface area contributed by atoms with E-state index in [0.717, 1.165) is 0 Å². The first-order valence-electron chi connectivity index (χ1n) is 3.69. The summed E-state index contributed by atoms with van der Waals surface area (Å²) in [5.41, 5.74) is 0. The lowest BCUT2D eigenvalue weighted by molar-refractivity contribution is 0.226. The van der Waals surface area contributed by atoms with Crippen LogP contribution in [0.5, 0.6) is 0 Å². The zero-order valence-electron chi connectivity index (χ0n) is 5.94. The molecule has 1 saturated heterocycles. The van der Waals surface area contributed by atoms with Crippen LogP contribution in [0.1, 0.15) is 26.2 Å². The van der Waals surface area contributed by atoms with E-state index in [1.165, 1.54) is 32.4 Å². The summed E-state index contributed by atoms with van der Waals surface area (Å²) < 4.78 is 0. The molecule has 0 bridgehead atoms. The average molecular weight is 192 g/mol. The highest BCUT2D eigenvalue weighted by Crippen LogP contribution is 2.14. The summed E-state index contributed by atoms with van der Waals surface area (Å²) in [6, 6.07) is 0. The monoisotopic (exact) mass is 191 g/mol. The van der Waals surface area contributed by atoms with Crippen molar-refractivity contribution in [1.29, 1.82) is 0 Å². The highest BCUT2D eigenvalue weighted by molar-refractivity contribution is 9.09. The van der Waals surface area contributed by atoms with E-state index in [1.54, 1.807) is 0 Å². The number of likely N-dealkylation sites (tertiary alicyclic amines) is 1. The second kappa shape index (κ2) is 3.57. The van der Waals surface area contributed by atoms with Crippen LogP contribution in [0.25, 0.3) is 0 Å². The maximum absolute atomic E-state index is 3.56. The molecule has 0 amide bonds. The molecule has 9 heavy (non-hydrogen) atoms. The fourth-order valence-corrected chi connectivity index (χ4v) is 1.68. The van der Waals surface area contributed by atoms with Crippen LogP contribution in [0, 0.1) is 0 Å². The number of piperidine rings is 1. The largest absolute Gasteiger partial charge is 0.291 e. The van der Waals surface area contributed by atoms with Gasteiger partial charge in [0.1, 0.15) is 0 Å². The van der Waals surface area contributed by atoms with Crippen molar-refractivity contribution in [3.63, 3.8) is 0 Å². The van der Waals surface area contributed by atoms with Gasteiger partial charge in [-0.2, -0.15) is 0 Å². The van der Waals surface area contributed by atoms with Crippen molar-refractivity contribution >= 4 is 15.9 Å². The first-order chi connectivity index (χ1) is 4.30. The normalized spacial score (nSPS) is 26.0. The van der Waals surface area contributed by atoms with E-state index < -0.39 is 0 Å². The number of nitrogens with zero attached hydrogens (tertiary/aromatic N) is 1. The Kier molecular flexibility index (Phi) is 2.99. The van der Waals surface area contributed by atoms with Crippen LogP contribution in [0.15, 0.2) is 0 Å². The Morgan fingerprint density at radius 2 is 1.78 bits per heavy atom.